The summed E-state index contributed by atoms with van der Waals surface area (Å²) in [6, 6.07) is 7.01. The van der Waals surface area contributed by atoms with E-state index in [9.17, 15) is 0 Å². The summed E-state index contributed by atoms with van der Waals surface area (Å²) in [6.07, 6.45) is 4.10. The van der Waals surface area contributed by atoms with Gasteiger partial charge in [0.2, 0.25) is 0 Å². The van der Waals surface area contributed by atoms with Gasteiger partial charge in [-0.3, -0.25) is 0 Å². The SMILES string of the molecule is CCc1nc2n(n1)CC(NCc1ccc3c(c1)CCO3)CC2. The number of nitrogens with zero attached hydrogens (tertiary/aromatic N) is 3. The van der Waals surface area contributed by atoms with Crippen molar-refractivity contribution >= 4 is 0 Å². The number of aryl methyl sites for hydroxylation is 2. The largest absolute Gasteiger partial charge is 0.493 e. The first-order chi connectivity index (χ1) is 10.8. The van der Waals surface area contributed by atoms with Gasteiger partial charge in [-0.2, -0.15) is 5.10 Å². The second-order valence-corrected chi connectivity index (χ2v) is 6.14. The van der Waals surface area contributed by atoms with Crippen molar-refractivity contribution < 1.29 is 4.74 Å². The molecule has 0 radical (unpaired) electrons. The molecule has 1 N–H and O–H groups in total. The standard InChI is InChI=1S/C17H22N4O/c1-2-16-19-17-6-4-14(11-21(17)20-16)18-10-12-3-5-15-13(9-12)7-8-22-15/h3,5,9,14,18H,2,4,6-8,10-11H2,1H3. The number of rotatable bonds is 4. The Kier molecular flexibility index (Phi) is 3.58. The molecule has 2 aromatic rings. The van der Waals surface area contributed by atoms with E-state index in [2.05, 4.69) is 45.2 Å². The zero-order valence-corrected chi connectivity index (χ0v) is 13.0. The zero-order chi connectivity index (χ0) is 14.9. The van der Waals surface area contributed by atoms with E-state index in [1.807, 2.05) is 0 Å². The van der Waals surface area contributed by atoms with Crippen molar-refractivity contribution in [2.75, 3.05) is 6.61 Å². The van der Waals surface area contributed by atoms with Crippen LogP contribution in [0.25, 0.3) is 0 Å². The fraction of sp³-hybridized carbons (Fsp3) is 0.529. The number of hydrogen-bond acceptors (Lipinski definition) is 4. The minimum atomic E-state index is 0.475. The van der Waals surface area contributed by atoms with Crippen LogP contribution in [0.1, 0.15) is 36.1 Å². The molecule has 0 saturated carbocycles. The average molecular weight is 298 g/mol. The molecule has 4 rings (SSSR count). The van der Waals surface area contributed by atoms with Crippen LogP contribution >= 0.6 is 0 Å². The summed E-state index contributed by atoms with van der Waals surface area (Å²) in [4.78, 5) is 4.57. The third-order valence-corrected chi connectivity index (χ3v) is 4.57. The molecular formula is C17H22N4O. The molecule has 0 fully saturated rings. The van der Waals surface area contributed by atoms with Crippen LogP contribution in [0.4, 0.5) is 0 Å². The van der Waals surface area contributed by atoms with E-state index in [1.165, 1.54) is 11.1 Å². The Hall–Kier alpha value is -1.88. The summed E-state index contributed by atoms with van der Waals surface area (Å²) in [7, 11) is 0. The number of fused-ring (bicyclic) bond motifs is 2. The molecule has 2 aliphatic rings. The van der Waals surface area contributed by atoms with Gasteiger partial charge in [-0.15, -0.1) is 0 Å². The quantitative estimate of drug-likeness (QED) is 0.936. The van der Waals surface area contributed by atoms with Crippen LogP contribution in [-0.2, 0) is 32.4 Å². The summed E-state index contributed by atoms with van der Waals surface area (Å²) >= 11 is 0. The number of aromatic nitrogens is 3. The Morgan fingerprint density at radius 1 is 1.36 bits per heavy atom. The normalized spacial score (nSPS) is 19.6. The molecule has 5 heteroatoms. The minimum Gasteiger partial charge on any atom is -0.493 e. The van der Waals surface area contributed by atoms with Crippen molar-refractivity contribution in [1.82, 2.24) is 20.1 Å². The number of ether oxygens (including phenoxy) is 1. The van der Waals surface area contributed by atoms with Crippen molar-refractivity contribution in [3.63, 3.8) is 0 Å². The molecule has 5 nitrogen and oxygen atoms in total. The molecule has 22 heavy (non-hydrogen) atoms. The van der Waals surface area contributed by atoms with Gasteiger partial charge in [0.15, 0.2) is 5.82 Å². The van der Waals surface area contributed by atoms with Gasteiger partial charge in [0.05, 0.1) is 13.2 Å². The zero-order valence-electron chi connectivity index (χ0n) is 13.0. The lowest BCUT2D eigenvalue weighted by Crippen LogP contribution is -2.37. The Labute approximate surface area is 130 Å². The summed E-state index contributed by atoms with van der Waals surface area (Å²) in [5.74, 6) is 3.17. The fourth-order valence-corrected chi connectivity index (χ4v) is 3.29. The molecular weight excluding hydrogens is 276 g/mol. The van der Waals surface area contributed by atoms with Crippen molar-refractivity contribution in [3.8, 4) is 5.75 Å². The molecule has 2 aliphatic heterocycles. The maximum atomic E-state index is 5.56. The van der Waals surface area contributed by atoms with Gasteiger partial charge < -0.3 is 10.1 Å². The van der Waals surface area contributed by atoms with Crippen LogP contribution in [0.5, 0.6) is 5.75 Å². The van der Waals surface area contributed by atoms with Crippen LogP contribution in [0.15, 0.2) is 18.2 Å². The van der Waals surface area contributed by atoms with Crippen molar-refractivity contribution in [2.45, 2.75) is 51.7 Å². The Bertz CT molecular complexity index is 679. The first kappa shape index (κ1) is 13.8. The van der Waals surface area contributed by atoms with E-state index in [4.69, 9.17) is 4.74 Å². The summed E-state index contributed by atoms with van der Waals surface area (Å²) in [5, 5.41) is 8.24. The highest BCUT2D eigenvalue weighted by Gasteiger charge is 2.21. The fourth-order valence-electron chi connectivity index (χ4n) is 3.29. The van der Waals surface area contributed by atoms with E-state index >= 15 is 0 Å². The molecule has 0 amide bonds. The third-order valence-electron chi connectivity index (χ3n) is 4.57. The molecule has 3 heterocycles. The molecule has 116 valence electrons. The van der Waals surface area contributed by atoms with Crippen LogP contribution in [0.2, 0.25) is 0 Å². The number of hydrogen-bond donors (Lipinski definition) is 1. The average Bonchev–Trinajstić information content (AvgIpc) is 3.17. The number of nitrogens with one attached hydrogen (secondary N) is 1. The van der Waals surface area contributed by atoms with E-state index in [-0.39, 0.29) is 0 Å². The monoisotopic (exact) mass is 298 g/mol. The van der Waals surface area contributed by atoms with E-state index in [0.29, 0.717) is 6.04 Å². The predicted octanol–water partition coefficient (Wildman–Crippen LogP) is 1.88. The predicted molar refractivity (Wildman–Crippen MR) is 84.0 cm³/mol. The van der Waals surface area contributed by atoms with Gasteiger partial charge in [0.25, 0.3) is 0 Å². The van der Waals surface area contributed by atoms with Crippen molar-refractivity contribution in [1.29, 1.82) is 0 Å². The maximum absolute atomic E-state index is 5.56. The molecule has 0 saturated heterocycles. The summed E-state index contributed by atoms with van der Waals surface area (Å²) < 4.78 is 7.64. The second-order valence-electron chi connectivity index (χ2n) is 6.14. The molecule has 0 bridgehead atoms. The summed E-state index contributed by atoms with van der Waals surface area (Å²) in [6.45, 7) is 4.76. The molecule has 1 unspecified atom stereocenters. The Balaban J connectivity index is 1.38. The number of benzene rings is 1. The molecule has 1 atom stereocenters. The highest BCUT2D eigenvalue weighted by atomic mass is 16.5. The topological polar surface area (TPSA) is 52.0 Å². The Morgan fingerprint density at radius 2 is 2.32 bits per heavy atom. The first-order valence-corrected chi connectivity index (χ1v) is 8.22. The van der Waals surface area contributed by atoms with E-state index < -0.39 is 0 Å². The van der Waals surface area contributed by atoms with Gasteiger partial charge in [-0.05, 0) is 23.6 Å². The van der Waals surface area contributed by atoms with Crippen LogP contribution in [0.3, 0.4) is 0 Å². The smallest absolute Gasteiger partial charge is 0.150 e. The molecule has 1 aromatic carbocycles. The molecule has 1 aromatic heterocycles. The van der Waals surface area contributed by atoms with Crippen LogP contribution < -0.4 is 10.1 Å². The van der Waals surface area contributed by atoms with E-state index in [1.54, 1.807) is 0 Å². The third kappa shape index (κ3) is 2.61. The Morgan fingerprint density at radius 3 is 3.23 bits per heavy atom. The summed E-state index contributed by atoms with van der Waals surface area (Å²) in [5.41, 5.74) is 2.68. The van der Waals surface area contributed by atoms with Gasteiger partial charge in [-0.1, -0.05) is 19.1 Å². The first-order valence-electron chi connectivity index (χ1n) is 8.22. The highest BCUT2D eigenvalue weighted by molar-refractivity contribution is 5.39. The van der Waals surface area contributed by atoms with E-state index in [0.717, 1.165) is 62.8 Å². The van der Waals surface area contributed by atoms with Crippen LogP contribution in [-0.4, -0.2) is 27.4 Å². The van der Waals surface area contributed by atoms with Gasteiger partial charge >= 0.3 is 0 Å². The van der Waals surface area contributed by atoms with Crippen LogP contribution in [0, 0.1) is 0 Å². The highest BCUT2D eigenvalue weighted by Crippen LogP contribution is 2.26. The van der Waals surface area contributed by atoms with Gasteiger partial charge in [0.1, 0.15) is 11.6 Å². The van der Waals surface area contributed by atoms with Crippen molar-refractivity contribution in [2.24, 2.45) is 0 Å². The molecule has 0 spiro atoms. The van der Waals surface area contributed by atoms with Gasteiger partial charge in [0, 0.05) is 31.8 Å². The lowest BCUT2D eigenvalue weighted by Gasteiger charge is -2.23. The minimum absolute atomic E-state index is 0.475. The second kappa shape index (κ2) is 5.72. The van der Waals surface area contributed by atoms with Gasteiger partial charge in [-0.25, -0.2) is 9.67 Å². The lowest BCUT2D eigenvalue weighted by atomic mass is 10.1. The van der Waals surface area contributed by atoms with Crippen molar-refractivity contribution in [3.05, 3.63) is 41.0 Å². The lowest BCUT2D eigenvalue weighted by molar-refractivity contribution is 0.355. The molecule has 0 aliphatic carbocycles. The maximum Gasteiger partial charge on any atom is 0.150 e.